The van der Waals surface area contributed by atoms with E-state index in [1.54, 1.807) is 0 Å². The quantitative estimate of drug-likeness (QED) is 0.528. The van der Waals surface area contributed by atoms with Crippen molar-refractivity contribution in [1.29, 1.82) is 0 Å². The number of aromatic amines is 1. The maximum absolute atomic E-state index is 5.49. The van der Waals surface area contributed by atoms with Crippen LogP contribution in [-0.2, 0) is 0 Å². The van der Waals surface area contributed by atoms with Crippen LogP contribution in [0.3, 0.4) is 0 Å². The highest BCUT2D eigenvalue weighted by Crippen LogP contribution is 2.25. The van der Waals surface area contributed by atoms with E-state index >= 15 is 0 Å². The Morgan fingerprint density at radius 2 is 1.90 bits per heavy atom. The van der Waals surface area contributed by atoms with Gasteiger partial charge in [0.1, 0.15) is 0 Å². The van der Waals surface area contributed by atoms with Crippen molar-refractivity contribution in [3.8, 4) is 5.69 Å². The maximum Gasteiger partial charge on any atom is 0.182 e. The first-order valence-corrected chi connectivity index (χ1v) is 6.78. The lowest BCUT2D eigenvalue weighted by atomic mass is 10.1. The molecule has 4 rings (SSSR count). The van der Waals surface area contributed by atoms with Crippen molar-refractivity contribution in [2.45, 2.75) is 0 Å². The van der Waals surface area contributed by atoms with E-state index in [0.29, 0.717) is 4.77 Å². The van der Waals surface area contributed by atoms with Crippen LogP contribution in [0.4, 0.5) is 0 Å². The Balaban J connectivity index is 2.17. The SMILES string of the molecule is S=c1[nH]c2ccccc2n1-c1cccc2cnccc12. The van der Waals surface area contributed by atoms with Crippen molar-refractivity contribution in [2.75, 3.05) is 0 Å². The van der Waals surface area contributed by atoms with Gasteiger partial charge in [0.15, 0.2) is 4.77 Å². The Morgan fingerprint density at radius 3 is 2.85 bits per heavy atom. The Kier molecular flexibility index (Phi) is 2.44. The summed E-state index contributed by atoms with van der Waals surface area (Å²) >= 11 is 5.49. The van der Waals surface area contributed by atoms with Crippen LogP contribution in [0.25, 0.3) is 27.5 Å². The first-order chi connectivity index (χ1) is 9.84. The van der Waals surface area contributed by atoms with Gasteiger partial charge >= 0.3 is 0 Å². The van der Waals surface area contributed by atoms with Crippen LogP contribution in [0.5, 0.6) is 0 Å². The van der Waals surface area contributed by atoms with Crippen LogP contribution in [0.1, 0.15) is 0 Å². The number of imidazole rings is 1. The van der Waals surface area contributed by atoms with Gasteiger partial charge in [-0.1, -0.05) is 24.3 Å². The summed E-state index contributed by atoms with van der Waals surface area (Å²) in [6.07, 6.45) is 3.68. The summed E-state index contributed by atoms with van der Waals surface area (Å²) < 4.78 is 2.78. The molecule has 0 saturated carbocycles. The monoisotopic (exact) mass is 277 g/mol. The fraction of sp³-hybridized carbons (Fsp3) is 0. The molecule has 0 aliphatic carbocycles. The number of benzene rings is 2. The molecule has 0 amide bonds. The summed E-state index contributed by atoms with van der Waals surface area (Å²) in [5, 5.41) is 2.25. The molecular weight excluding hydrogens is 266 g/mol. The van der Waals surface area contributed by atoms with E-state index in [1.807, 2.05) is 42.7 Å². The van der Waals surface area contributed by atoms with E-state index < -0.39 is 0 Å². The molecule has 0 fully saturated rings. The minimum Gasteiger partial charge on any atom is -0.330 e. The van der Waals surface area contributed by atoms with Gasteiger partial charge in [-0.05, 0) is 36.5 Å². The summed E-state index contributed by atoms with van der Waals surface area (Å²) in [6, 6.07) is 16.3. The Labute approximate surface area is 120 Å². The first-order valence-electron chi connectivity index (χ1n) is 6.37. The van der Waals surface area contributed by atoms with E-state index in [-0.39, 0.29) is 0 Å². The zero-order valence-corrected chi connectivity index (χ0v) is 11.4. The van der Waals surface area contributed by atoms with Crippen LogP contribution < -0.4 is 0 Å². The Hall–Kier alpha value is -2.46. The van der Waals surface area contributed by atoms with Crippen LogP contribution >= 0.6 is 12.2 Å². The fourth-order valence-electron chi connectivity index (χ4n) is 2.59. The minimum absolute atomic E-state index is 0.704. The number of fused-ring (bicyclic) bond motifs is 2. The molecule has 2 heterocycles. The third kappa shape index (κ3) is 1.58. The predicted octanol–water partition coefficient (Wildman–Crippen LogP) is 4.24. The van der Waals surface area contributed by atoms with Crippen molar-refractivity contribution in [1.82, 2.24) is 14.5 Å². The summed E-state index contributed by atoms with van der Waals surface area (Å²) in [5.74, 6) is 0. The minimum atomic E-state index is 0.704. The lowest BCUT2D eigenvalue weighted by Crippen LogP contribution is -1.95. The maximum atomic E-state index is 5.49. The molecule has 0 atom stereocenters. The van der Waals surface area contributed by atoms with E-state index in [4.69, 9.17) is 12.2 Å². The standard InChI is InChI=1S/C16H11N3S/c20-16-18-13-5-1-2-6-15(13)19(16)14-7-3-4-11-10-17-9-8-12(11)14/h1-10H,(H,18,20). The fourth-order valence-corrected chi connectivity index (χ4v) is 2.90. The topological polar surface area (TPSA) is 33.6 Å². The Morgan fingerprint density at radius 1 is 1.00 bits per heavy atom. The third-order valence-electron chi connectivity index (χ3n) is 3.49. The average molecular weight is 277 g/mol. The van der Waals surface area contributed by atoms with Gasteiger partial charge in [0, 0.05) is 23.2 Å². The molecule has 2 aromatic heterocycles. The molecule has 0 aliphatic heterocycles. The summed E-state index contributed by atoms with van der Waals surface area (Å²) in [5.41, 5.74) is 3.21. The molecule has 0 saturated heterocycles. The summed E-state index contributed by atoms with van der Waals surface area (Å²) in [7, 11) is 0. The van der Waals surface area contributed by atoms with Gasteiger partial charge < -0.3 is 4.98 Å². The summed E-state index contributed by atoms with van der Waals surface area (Å²) in [6.45, 7) is 0. The van der Waals surface area contributed by atoms with Crippen LogP contribution in [0.15, 0.2) is 60.9 Å². The normalized spacial score (nSPS) is 11.2. The number of hydrogen-bond acceptors (Lipinski definition) is 2. The number of para-hydroxylation sites is 2. The molecule has 0 aliphatic rings. The number of aromatic nitrogens is 3. The second kappa shape index (κ2) is 4.28. The van der Waals surface area contributed by atoms with Crippen LogP contribution in [0.2, 0.25) is 0 Å². The van der Waals surface area contributed by atoms with Gasteiger partial charge in [-0.3, -0.25) is 9.55 Å². The van der Waals surface area contributed by atoms with E-state index in [1.165, 1.54) is 0 Å². The molecule has 96 valence electrons. The van der Waals surface area contributed by atoms with E-state index in [0.717, 1.165) is 27.5 Å². The molecule has 20 heavy (non-hydrogen) atoms. The van der Waals surface area contributed by atoms with Gasteiger partial charge in [0.05, 0.1) is 16.7 Å². The smallest absolute Gasteiger partial charge is 0.182 e. The molecule has 0 bridgehead atoms. The molecule has 2 aromatic carbocycles. The number of hydrogen-bond donors (Lipinski definition) is 1. The molecule has 3 nitrogen and oxygen atoms in total. The second-order valence-corrected chi connectivity index (χ2v) is 5.04. The van der Waals surface area contributed by atoms with Crippen molar-refractivity contribution in [3.63, 3.8) is 0 Å². The number of rotatable bonds is 1. The highest BCUT2D eigenvalue weighted by Gasteiger charge is 2.08. The zero-order chi connectivity index (χ0) is 13.5. The van der Waals surface area contributed by atoms with Gasteiger partial charge in [-0.2, -0.15) is 0 Å². The molecule has 1 N–H and O–H groups in total. The lowest BCUT2D eigenvalue weighted by molar-refractivity contribution is 1.08. The number of nitrogens with zero attached hydrogens (tertiary/aromatic N) is 2. The summed E-state index contributed by atoms with van der Waals surface area (Å²) in [4.78, 5) is 7.43. The van der Waals surface area contributed by atoms with Gasteiger partial charge in [-0.15, -0.1) is 0 Å². The van der Waals surface area contributed by atoms with Gasteiger partial charge in [-0.25, -0.2) is 0 Å². The predicted molar refractivity (Wildman–Crippen MR) is 83.8 cm³/mol. The zero-order valence-electron chi connectivity index (χ0n) is 10.6. The van der Waals surface area contributed by atoms with Crippen molar-refractivity contribution >= 4 is 34.0 Å². The molecular formula is C16H11N3S. The number of H-pyrrole nitrogens is 1. The largest absolute Gasteiger partial charge is 0.330 e. The molecule has 4 aromatic rings. The van der Waals surface area contributed by atoms with Gasteiger partial charge in [0.25, 0.3) is 0 Å². The van der Waals surface area contributed by atoms with Crippen molar-refractivity contribution in [2.24, 2.45) is 0 Å². The van der Waals surface area contributed by atoms with Crippen LogP contribution in [0, 0.1) is 4.77 Å². The Bertz CT molecular complexity index is 976. The first kappa shape index (κ1) is 11.4. The number of pyridine rings is 1. The highest BCUT2D eigenvalue weighted by atomic mass is 32.1. The highest BCUT2D eigenvalue weighted by molar-refractivity contribution is 7.71. The van der Waals surface area contributed by atoms with Crippen molar-refractivity contribution < 1.29 is 0 Å². The second-order valence-electron chi connectivity index (χ2n) is 4.66. The van der Waals surface area contributed by atoms with E-state index in [9.17, 15) is 0 Å². The third-order valence-corrected chi connectivity index (χ3v) is 3.77. The number of nitrogens with one attached hydrogen (secondary N) is 1. The molecule has 0 radical (unpaired) electrons. The molecule has 0 unspecified atom stereocenters. The van der Waals surface area contributed by atoms with E-state index in [2.05, 4.69) is 32.7 Å². The molecule has 0 spiro atoms. The van der Waals surface area contributed by atoms with Crippen molar-refractivity contribution in [3.05, 3.63) is 65.7 Å². The average Bonchev–Trinajstić information content (AvgIpc) is 2.82. The van der Waals surface area contributed by atoms with Crippen LogP contribution in [-0.4, -0.2) is 14.5 Å². The van der Waals surface area contributed by atoms with Gasteiger partial charge in [0.2, 0.25) is 0 Å². The molecule has 4 heteroatoms. The lowest BCUT2D eigenvalue weighted by Gasteiger charge is -2.08.